The zero-order valence-electron chi connectivity index (χ0n) is 14.8. The molecule has 0 unspecified atom stereocenters. The van der Waals surface area contributed by atoms with Crippen LogP contribution >= 0.6 is 0 Å². The maximum atomic E-state index is 13.4. The van der Waals surface area contributed by atoms with Crippen LogP contribution in [0.15, 0.2) is 72.9 Å². The molecule has 0 aliphatic heterocycles. The summed E-state index contributed by atoms with van der Waals surface area (Å²) in [5.74, 6) is 0.608. The first-order valence-electron chi connectivity index (χ1n) is 8.69. The minimum atomic E-state index is -0.380. The summed E-state index contributed by atoms with van der Waals surface area (Å²) in [5.41, 5.74) is 3.04. The molecule has 0 aliphatic carbocycles. The summed E-state index contributed by atoms with van der Waals surface area (Å²) in [7, 11) is 0. The molecule has 2 aromatic heterocycles. The lowest BCUT2D eigenvalue weighted by atomic mass is 9.96. The lowest BCUT2D eigenvalue weighted by molar-refractivity contribution is -0.371. The van der Waals surface area contributed by atoms with Crippen LogP contribution in [0.5, 0.6) is 5.75 Å². The Hall–Kier alpha value is -3.47. The number of aromatic amines is 1. The number of nitrogens with one attached hydrogen (secondary N) is 2. The van der Waals surface area contributed by atoms with E-state index in [1.807, 2.05) is 49.4 Å². The Balaban J connectivity index is 1.84. The minimum Gasteiger partial charge on any atom is -0.505 e. The number of hydrogen-bond donors (Lipinski definition) is 2. The molecule has 0 fully saturated rings. The standard InChI is InChI=1S/C22H18FN3O/c1-14-4-2-6-19(25-14)26-20(16-7-10-17(23)11-8-16)18-12-9-15-5-3-13-24-21(15)22(18)27/h2-13,20,27H,1H3,(H,25,26)/p+1/t20-/m1/s1. The van der Waals surface area contributed by atoms with Crippen molar-refractivity contribution in [2.45, 2.75) is 13.0 Å². The lowest BCUT2D eigenvalue weighted by Crippen LogP contribution is -2.20. The second kappa shape index (κ2) is 7.03. The Bertz CT molecular complexity index is 1100. The highest BCUT2D eigenvalue weighted by molar-refractivity contribution is 5.85. The molecule has 4 rings (SSSR count). The Kier molecular flexibility index (Phi) is 4.42. The molecular formula is C22H19FN3O+. The summed E-state index contributed by atoms with van der Waals surface area (Å²) in [6.07, 6.45) is 1.65. The van der Waals surface area contributed by atoms with Crippen LogP contribution < -0.4 is 10.3 Å². The normalized spacial score (nSPS) is 12.1. The molecule has 2 aromatic carbocycles. The van der Waals surface area contributed by atoms with Crippen molar-refractivity contribution in [3.8, 4) is 5.75 Å². The number of aromatic hydroxyl groups is 1. The third kappa shape index (κ3) is 3.44. The molecule has 3 N–H and O–H groups in total. The van der Waals surface area contributed by atoms with E-state index >= 15 is 0 Å². The van der Waals surface area contributed by atoms with Gasteiger partial charge in [0.2, 0.25) is 0 Å². The van der Waals surface area contributed by atoms with Crippen molar-refractivity contribution in [3.05, 3.63) is 95.6 Å². The SMILES string of the molecule is Cc1cccc(N[C@H](c2ccc(F)cc2)c2ccc3cccnc3c2O)[nH+]1. The minimum absolute atomic E-state index is 0.113. The number of anilines is 1. The molecule has 5 heteroatoms. The topological polar surface area (TPSA) is 59.3 Å². The van der Waals surface area contributed by atoms with Crippen LogP contribution in [0.1, 0.15) is 22.9 Å². The molecule has 134 valence electrons. The molecule has 0 saturated carbocycles. The number of nitrogens with zero attached hydrogens (tertiary/aromatic N) is 1. The number of phenols is 1. The second-order valence-corrected chi connectivity index (χ2v) is 6.45. The van der Waals surface area contributed by atoms with Gasteiger partial charge in [-0.05, 0) is 37.3 Å². The van der Waals surface area contributed by atoms with E-state index in [9.17, 15) is 9.50 Å². The quantitative estimate of drug-likeness (QED) is 0.567. The van der Waals surface area contributed by atoms with Gasteiger partial charge in [-0.25, -0.2) is 9.37 Å². The highest BCUT2D eigenvalue weighted by Gasteiger charge is 2.24. The summed E-state index contributed by atoms with van der Waals surface area (Å²) in [6.45, 7) is 1.97. The third-order valence-electron chi connectivity index (χ3n) is 4.53. The number of pyridine rings is 2. The summed E-state index contributed by atoms with van der Waals surface area (Å²) < 4.78 is 13.4. The van der Waals surface area contributed by atoms with Crippen molar-refractivity contribution < 1.29 is 14.5 Å². The van der Waals surface area contributed by atoms with E-state index < -0.39 is 0 Å². The fourth-order valence-corrected chi connectivity index (χ4v) is 3.20. The van der Waals surface area contributed by atoms with Crippen LogP contribution in [0.4, 0.5) is 10.2 Å². The van der Waals surface area contributed by atoms with Gasteiger partial charge in [0.1, 0.15) is 23.1 Å². The monoisotopic (exact) mass is 360 g/mol. The van der Waals surface area contributed by atoms with E-state index in [0.29, 0.717) is 11.1 Å². The molecule has 27 heavy (non-hydrogen) atoms. The van der Waals surface area contributed by atoms with E-state index in [0.717, 1.165) is 22.5 Å². The molecule has 0 amide bonds. The van der Waals surface area contributed by atoms with Crippen LogP contribution in [0, 0.1) is 12.7 Å². The smallest absolute Gasteiger partial charge is 0.273 e. The fourth-order valence-electron chi connectivity index (χ4n) is 3.20. The molecule has 0 spiro atoms. The number of H-pyrrole nitrogens is 1. The van der Waals surface area contributed by atoms with Crippen LogP contribution in [0.25, 0.3) is 10.9 Å². The summed E-state index contributed by atoms with van der Waals surface area (Å²) in [5, 5.41) is 15.2. The fraction of sp³-hybridized carbons (Fsp3) is 0.0909. The van der Waals surface area contributed by atoms with Gasteiger partial charge in [-0.1, -0.05) is 30.3 Å². The van der Waals surface area contributed by atoms with Gasteiger partial charge >= 0.3 is 0 Å². The van der Waals surface area contributed by atoms with E-state index in [1.54, 1.807) is 18.3 Å². The molecule has 0 saturated heterocycles. The maximum Gasteiger partial charge on any atom is 0.273 e. The third-order valence-corrected chi connectivity index (χ3v) is 4.53. The predicted molar refractivity (Wildman–Crippen MR) is 103 cm³/mol. The van der Waals surface area contributed by atoms with E-state index in [-0.39, 0.29) is 17.6 Å². The number of aromatic nitrogens is 2. The van der Waals surface area contributed by atoms with E-state index in [2.05, 4.69) is 15.3 Å². The molecule has 1 atom stereocenters. The van der Waals surface area contributed by atoms with Crippen molar-refractivity contribution in [2.75, 3.05) is 5.32 Å². The lowest BCUT2D eigenvalue weighted by Gasteiger charge is -2.17. The molecule has 4 nitrogen and oxygen atoms in total. The first kappa shape index (κ1) is 17.0. The molecule has 0 bridgehead atoms. The van der Waals surface area contributed by atoms with Gasteiger partial charge in [0, 0.05) is 28.8 Å². The van der Waals surface area contributed by atoms with Crippen molar-refractivity contribution in [3.63, 3.8) is 0 Å². The number of rotatable bonds is 4. The number of aryl methyl sites for hydroxylation is 1. The van der Waals surface area contributed by atoms with E-state index in [1.165, 1.54) is 12.1 Å². The summed E-state index contributed by atoms with van der Waals surface area (Å²) in [4.78, 5) is 7.57. The maximum absolute atomic E-state index is 13.4. The van der Waals surface area contributed by atoms with Crippen LogP contribution in [0.2, 0.25) is 0 Å². The van der Waals surface area contributed by atoms with Gasteiger partial charge in [0.25, 0.3) is 5.82 Å². The largest absolute Gasteiger partial charge is 0.505 e. The number of phenolic OH excluding ortho intramolecular Hbond substituents is 1. The van der Waals surface area contributed by atoms with Gasteiger partial charge in [-0.3, -0.25) is 10.3 Å². The first-order chi connectivity index (χ1) is 13.1. The van der Waals surface area contributed by atoms with Gasteiger partial charge < -0.3 is 5.11 Å². The molecule has 2 heterocycles. The zero-order valence-corrected chi connectivity index (χ0v) is 14.8. The molecule has 0 radical (unpaired) electrons. The Morgan fingerprint density at radius 2 is 1.81 bits per heavy atom. The van der Waals surface area contributed by atoms with Crippen molar-refractivity contribution >= 4 is 16.7 Å². The summed E-state index contributed by atoms with van der Waals surface area (Å²) in [6, 6.07) is 19.2. The van der Waals surface area contributed by atoms with Gasteiger partial charge in [0.15, 0.2) is 0 Å². The average molecular weight is 360 g/mol. The molecule has 4 aromatic rings. The first-order valence-corrected chi connectivity index (χ1v) is 8.69. The zero-order chi connectivity index (χ0) is 18.8. The van der Waals surface area contributed by atoms with Gasteiger partial charge in [0.05, 0.1) is 5.69 Å². The number of benzene rings is 2. The Labute approximate surface area is 156 Å². The molecule has 0 aliphatic rings. The van der Waals surface area contributed by atoms with Crippen LogP contribution in [0.3, 0.4) is 0 Å². The van der Waals surface area contributed by atoms with Gasteiger partial charge in [-0.2, -0.15) is 0 Å². The van der Waals surface area contributed by atoms with E-state index in [4.69, 9.17) is 0 Å². The van der Waals surface area contributed by atoms with Crippen LogP contribution in [-0.2, 0) is 0 Å². The highest BCUT2D eigenvalue weighted by atomic mass is 19.1. The predicted octanol–water partition coefficient (Wildman–Crippen LogP) is 4.40. The average Bonchev–Trinajstić information content (AvgIpc) is 2.68. The number of halogens is 1. The Morgan fingerprint density at radius 3 is 2.59 bits per heavy atom. The van der Waals surface area contributed by atoms with Crippen LogP contribution in [-0.4, -0.2) is 10.1 Å². The number of fused-ring (bicyclic) bond motifs is 1. The van der Waals surface area contributed by atoms with Crippen molar-refractivity contribution in [2.24, 2.45) is 0 Å². The number of hydrogen-bond acceptors (Lipinski definition) is 3. The Morgan fingerprint density at radius 1 is 1.00 bits per heavy atom. The summed E-state index contributed by atoms with van der Waals surface area (Å²) >= 11 is 0. The molecular weight excluding hydrogens is 341 g/mol. The second-order valence-electron chi connectivity index (χ2n) is 6.45. The van der Waals surface area contributed by atoms with Crippen molar-refractivity contribution in [1.82, 2.24) is 4.98 Å². The highest BCUT2D eigenvalue weighted by Crippen LogP contribution is 2.35. The van der Waals surface area contributed by atoms with Crippen molar-refractivity contribution in [1.29, 1.82) is 0 Å². The van der Waals surface area contributed by atoms with Gasteiger partial charge in [-0.15, -0.1) is 0 Å².